The molecule has 28 heavy (non-hydrogen) atoms. The molecule has 2 amide bonds. The summed E-state index contributed by atoms with van der Waals surface area (Å²) in [7, 11) is 0. The Morgan fingerprint density at radius 3 is 2.64 bits per heavy atom. The van der Waals surface area contributed by atoms with Crippen LogP contribution in [0.15, 0.2) is 29.6 Å². The molecule has 2 aromatic rings. The number of nitrogens with zero attached hydrogens (tertiary/aromatic N) is 2. The summed E-state index contributed by atoms with van der Waals surface area (Å²) in [6.45, 7) is 5.22. The van der Waals surface area contributed by atoms with Crippen LogP contribution in [-0.2, 0) is 20.7 Å². The molecule has 0 radical (unpaired) electrons. The predicted molar refractivity (Wildman–Crippen MR) is 106 cm³/mol. The van der Waals surface area contributed by atoms with Crippen LogP contribution in [0.2, 0.25) is 0 Å². The van der Waals surface area contributed by atoms with Gasteiger partial charge in [0.25, 0.3) is 0 Å². The van der Waals surface area contributed by atoms with Gasteiger partial charge in [0.15, 0.2) is 5.13 Å². The second-order valence-electron chi connectivity index (χ2n) is 6.41. The van der Waals surface area contributed by atoms with Crippen LogP contribution in [0, 0.1) is 6.92 Å². The summed E-state index contributed by atoms with van der Waals surface area (Å²) in [5.74, 6) is 0.0846. The molecule has 1 fully saturated rings. The Kier molecular flexibility index (Phi) is 7.21. The smallest absolute Gasteiger partial charge is 0.244 e. The van der Waals surface area contributed by atoms with Gasteiger partial charge in [0.1, 0.15) is 5.75 Å². The molecule has 3 rings (SSSR count). The van der Waals surface area contributed by atoms with E-state index in [9.17, 15) is 9.59 Å². The van der Waals surface area contributed by atoms with Gasteiger partial charge in [-0.25, -0.2) is 4.98 Å². The molecule has 0 bridgehead atoms. The first-order valence-electron chi connectivity index (χ1n) is 9.14. The summed E-state index contributed by atoms with van der Waals surface area (Å²) >= 11 is 1.51. The lowest BCUT2D eigenvalue weighted by Crippen LogP contribution is -2.42. The van der Waals surface area contributed by atoms with Gasteiger partial charge in [-0.05, 0) is 19.1 Å². The van der Waals surface area contributed by atoms with E-state index in [2.05, 4.69) is 20.7 Å². The highest BCUT2D eigenvalue weighted by molar-refractivity contribution is 7.13. The van der Waals surface area contributed by atoms with Crippen molar-refractivity contribution >= 4 is 28.3 Å². The fourth-order valence-electron chi connectivity index (χ4n) is 2.58. The van der Waals surface area contributed by atoms with Gasteiger partial charge < -0.3 is 14.4 Å². The van der Waals surface area contributed by atoms with E-state index >= 15 is 0 Å². The number of nitrogens with one attached hydrogen (secondary N) is 2. The molecule has 1 aliphatic heterocycles. The Bertz CT molecular complexity index is 787. The van der Waals surface area contributed by atoms with Crippen molar-refractivity contribution in [2.45, 2.75) is 19.8 Å². The Balaban J connectivity index is 1.34. The van der Waals surface area contributed by atoms with E-state index in [4.69, 9.17) is 9.47 Å². The Labute approximate surface area is 167 Å². The second-order valence-corrected chi connectivity index (χ2v) is 7.24. The normalized spacial score (nSPS) is 13.8. The van der Waals surface area contributed by atoms with Gasteiger partial charge >= 0.3 is 0 Å². The number of carbonyl (C=O) groups excluding carboxylic acids is 2. The van der Waals surface area contributed by atoms with Crippen LogP contribution in [0.4, 0.5) is 5.13 Å². The molecule has 1 aromatic heterocycles. The molecule has 8 nitrogen and oxygen atoms in total. The van der Waals surface area contributed by atoms with Gasteiger partial charge in [0.2, 0.25) is 11.8 Å². The maximum Gasteiger partial charge on any atom is 0.244 e. The minimum atomic E-state index is -0.313. The van der Waals surface area contributed by atoms with Crippen molar-refractivity contribution in [1.29, 1.82) is 0 Å². The molecule has 1 aromatic carbocycles. The first-order chi connectivity index (χ1) is 13.6. The molecular formula is C19H24N4O4S. The number of carbonyl (C=O) groups is 2. The minimum Gasteiger partial charge on any atom is -0.493 e. The lowest BCUT2D eigenvalue weighted by atomic mass is 10.2. The zero-order valence-electron chi connectivity index (χ0n) is 15.8. The van der Waals surface area contributed by atoms with Gasteiger partial charge in [-0.15, -0.1) is 11.3 Å². The maximum atomic E-state index is 12.0. The van der Waals surface area contributed by atoms with Crippen molar-refractivity contribution in [3.05, 3.63) is 40.9 Å². The summed E-state index contributed by atoms with van der Waals surface area (Å²) in [5, 5.41) is 2.75. The zero-order valence-corrected chi connectivity index (χ0v) is 16.6. The van der Waals surface area contributed by atoms with Crippen LogP contribution in [0.3, 0.4) is 0 Å². The SMILES string of the molecule is Cc1ccc(OCCC(=O)NNC(=O)Cc2csc(N3CCOCC3)n2)cc1. The summed E-state index contributed by atoms with van der Waals surface area (Å²) in [4.78, 5) is 30.5. The Morgan fingerprint density at radius 2 is 1.89 bits per heavy atom. The molecule has 1 aliphatic rings. The van der Waals surface area contributed by atoms with Crippen LogP contribution in [0.5, 0.6) is 5.75 Å². The number of hydrazine groups is 1. The molecule has 1 saturated heterocycles. The average Bonchev–Trinajstić information content (AvgIpc) is 3.17. The van der Waals surface area contributed by atoms with Crippen LogP contribution in [-0.4, -0.2) is 49.7 Å². The molecule has 9 heteroatoms. The van der Waals surface area contributed by atoms with Gasteiger partial charge in [-0.3, -0.25) is 20.4 Å². The number of aromatic nitrogens is 1. The monoisotopic (exact) mass is 404 g/mol. The van der Waals surface area contributed by atoms with E-state index in [1.165, 1.54) is 11.3 Å². The summed E-state index contributed by atoms with van der Waals surface area (Å²) in [5.41, 5.74) is 6.64. The van der Waals surface area contributed by atoms with E-state index in [-0.39, 0.29) is 31.3 Å². The summed E-state index contributed by atoms with van der Waals surface area (Å²) in [6, 6.07) is 7.60. The highest BCUT2D eigenvalue weighted by Crippen LogP contribution is 2.21. The third-order valence-corrected chi connectivity index (χ3v) is 5.07. The van der Waals surface area contributed by atoms with E-state index in [1.54, 1.807) is 0 Å². The first kappa shape index (κ1) is 20.1. The standard InChI is InChI=1S/C19H24N4O4S/c1-14-2-4-16(5-3-14)27-9-6-17(24)21-22-18(25)12-15-13-28-19(20-15)23-7-10-26-11-8-23/h2-5,13H,6-12H2,1H3,(H,21,24)(H,22,25). The molecular weight excluding hydrogens is 380 g/mol. The van der Waals surface area contributed by atoms with Crippen molar-refractivity contribution in [1.82, 2.24) is 15.8 Å². The van der Waals surface area contributed by atoms with Crippen LogP contribution in [0.1, 0.15) is 17.7 Å². The molecule has 0 saturated carbocycles. The number of hydrogen-bond acceptors (Lipinski definition) is 7. The van der Waals surface area contributed by atoms with Gasteiger partial charge in [0.05, 0.1) is 38.4 Å². The second kappa shape index (κ2) is 10.0. The quantitative estimate of drug-likeness (QED) is 0.679. The summed E-state index contributed by atoms with van der Waals surface area (Å²) < 4.78 is 10.8. The maximum absolute atomic E-state index is 12.0. The van der Waals surface area contributed by atoms with Crippen molar-refractivity contribution in [2.24, 2.45) is 0 Å². The fourth-order valence-corrected chi connectivity index (χ4v) is 3.46. The van der Waals surface area contributed by atoms with Crippen LogP contribution >= 0.6 is 11.3 Å². The first-order valence-corrected chi connectivity index (χ1v) is 10.0. The van der Waals surface area contributed by atoms with Crippen LogP contribution < -0.4 is 20.5 Å². The topological polar surface area (TPSA) is 92.8 Å². The number of rotatable bonds is 7. The number of thiazole rings is 1. The number of ether oxygens (including phenoxy) is 2. The van der Waals surface area contributed by atoms with Gasteiger partial charge in [-0.1, -0.05) is 17.7 Å². The Morgan fingerprint density at radius 1 is 1.18 bits per heavy atom. The zero-order chi connectivity index (χ0) is 19.8. The van der Waals surface area contributed by atoms with Crippen LogP contribution in [0.25, 0.3) is 0 Å². The van der Waals surface area contributed by atoms with Crippen molar-refractivity contribution in [3.63, 3.8) is 0 Å². The van der Waals surface area contributed by atoms with Gasteiger partial charge in [0, 0.05) is 18.5 Å². The van der Waals surface area contributed by atoms with E-state index in [0.29, 0.717) is 24.7 Å². The lowest BCUT2D eigenvalue weighted by Gasteiger charge is -2.26. The van der Waals surface area contributed by atoms with E-state index in [0.717, 1.165) is 23.8 Å². The minimum absolute atomic E-state index is 0.112. The molecule has 2 heterocycles. The number of amides is 2. The number of morpholine rings is 1. The van der Waals surface area contributed by atoms with Crippen molar-refractivity contribution in [2.75, 3.05) is 37.8 Å². The largest absolute Gasteiger partial charge is 0.493 e. The highest BCUT2D eigenvalue weighted by Gasteiger charge is 2.16. The van der Waals surface area contributed by atoms with Gasteiger partial charge in [-0.2, -0.15) is 0 Å². The molecule has 0 unspecified atom stereocenters. The number of benzene rings is 1. The average molecular weight is 404 g/mol. The van der Waals surface area contributed by atoms with Crippen molar-refractivity contribution < 1.29 is 19.1 Å². The number of aryl methyl sites for hydroxylation is 1. The summed E-state index contributed by atoms with van der Waals surface area (Å²) in [6.07, 6.45) is 0.257. The molecule has 0 aliphatic carbocycles. The number of hydrogen-bond donors (Lipinski definition) is 2. The van der Waals surface area contributed by atoms with E-state index in [1.807, 2.05) is 36.6 Å². The predicted octanol–water partition coefficient (Wildman–Crippen LogP) is 1.45. The molecule has 2 N–H and O–H groups in total. The third-order valence-electron chi connectivity index (χ3n) is 4.12. The third kappa shape index (κ3) is 6.21. The number of anilines is 1. The molecule has 150 valence electrons. The van der Waals surface area contributed by atoms with Crippen molar-refractivity contribution in [3.8, 4) is 5.75 Å². The molecule has 0 spiro atoms. The van der Waals surface area contributed by atoms with E-state index < -0.39 is 0 Å². The highest BCUT2D eigenvalue weighted by atomic mass is 32.1. The lowest BCUT2D eigenvalue weighted by molar-refractivity contribution is -0.128. The fraction of sp³-hybridized carbons (Fsp3) is 0.421. The molecule has 0 atom stereocenters. The Hall–Kier alpha value is -2.65.